The number of nitrogens with two attached hydrogens (primary N) is 2. The summed E-state index contributed by atoms with van der Waals surface area (Å²) in [6.07, 6.45) is -0.922. The van der Waals surface area contributed by atoms with Crippen LogP contribution in [0.25, 0.3) is 0 Å². The molecular formula is C8H17N3O4. The van der Waals surface area contributed by atoms with E-state index in [1.165, 1.54) is 6.92 Å². The van der Waals surface area contributed by atoms with Gasteiger partial charge in [-0.2, -0.15) is 0 Å². The maximum absolute atomic E-state index is 11.3. The van der Waals surface area contributed by atoms with Gasteiger partial charge in [0.2, 0.25) is 5.91 Å². The summed E-state index contributed by atoms with van der Waals surface area (Å²) < 4.78 is 0. The average molecular weight is 219 g/mol. The predicted octanol–water partition coefficient (Wildman–Crippen LogP) is -2.39. The minimum absolute atomic E-state index is 0.237. The van der Waals surface area contributed by atoms with Gasteiger partial charge in [-0.3, -0.25) is 4.79 Å². The van der Waals surface area contributed by atoms with E-state index in [4.69, 9.17) is 21.7 Å². The number of carboxylic acid groups (broad SMARTS) is 1. The number of carbonyl (C=O) groups is 2. The molecule has 0 bridgehead atoms. The van der Waals surface area contributed by atoms with E-state index >= 15 is 0 Å². The molecule has 0 unspecified atom stereocenters. The van der Waals surface area contributed by atoms with E-state index in [-0.39, 0.29) is 13.0 Å². The highest BCUT2D eigenvalue weighted by Gasteiger charge is 2.26. The molecule has 0 aromatic heterocycles. The fourth-order valence-corrected chi connectivity index (χ4v) is 0.960. The Labute approximate surface area is 87.4 Å². The molecule has 0 fully saturated rings. The van der Waals surface area contributed by atoms with Crippen molar-refractivity contribution in [1.82, 2.24) is 5.32 Å². The number of rotatable bonds is 6. The maximum Gasteiger partial charge on any atom is 0.328 e. The fourth-order valence-electron chi connectivity index (χ4n) is 0.960. The zero-order valence-electron chi connectivity index (χ0n) is 8.51. The quantitative estimate of drug-likeness (QED) is 0.338. The van der Waals surface area contributed by atoms with Crippen LogP contribution in [-0.2, 0) is 9.59 Å². The van der Waals surface area contributed by atoms with Gasteiger partial charge in [0, 0.05) is 0 Å². The van der Waals surface area contributed by atoms with Crippen molar-refractivity contribution in [2.24, 2.45) is 11.5 Å². The monoisotopic (exact) mass is 219 g/mol. The summed E-state index contributed by atoms with van der Waals surface area (Å²) in [7, 11) is 0. The Bertz CT molecular complexity index is 232. The largest absolute Gasteiger partial charge is 0.480 e. The van der Waals surface area contributed by atoms with Crippen molar-refractivity contribution in [1.29, 1.82) is 0 Å². The lowest BCUT2D eigenvalue weighted by molar-refractivity contribution is -0.145. The van der Waals surface area contributed by atoms with Crippen molar-refractivity contribution in [3.05, 3.63) is 0 Å². The Hall–Kier alpha value is -1.18. The molecule has 0 aromatic rings. The first-order chi connectivity index (χ1) is 6.90. The van der Waals surface area contributed by atoms with Crippen molar-refractivity contribution >= 4 is 11.9 Å². The van der Waals surface area contributed by atoms with E-state index in [9.17, 15) is 9.59 Å². The summed E-state index contributed by atoms with van der Waals surface area (Å²) in [5.74, 6) is -1.94. The third kappa shape index (κ3) is 4.73. The number of aliphatic hydroxyl groups is 1. The number of aliphatic hydroxyl groups excluding tert-OH is 1. The zero-order valence-corrected chi connectivity index (χ0v) is 8.51. The molecule has 3 atom stereocenters. The first-order valence-corrected chi connectivity index (χ1v) is 4.57. The summed E-state index contributed by atoms with van der Waals surface area (Å²) in [5.41, 5.74) is 10.6. The molecule has 0 aliphatic heterocycles. The molecule has 0 rings (SSSR count). The summed E-state index contributed by atoms with van der Waals surface area (Å²) >= 11 is 0. The number of nitrogens with one attached hydrogen (secondary N) is 1. The van der Waals surface area contributed by atoms with Gasteiger partial charge in [-0.1, -0.05) is 0 Å². The van der Waals surface area contributed by atoms with Gasteiger partial charge < -0.3 is 27.0 Å². The van der Waals surface area contributed by atoms with Crippen molar-refractivity contribution in [3.8, 4) is 0 Å². The SMILES string of the molecule is C[C@@H](O)[C@H](NC(=O)[C@@H](N)CCN)C(=O)O. The van der Waals surface area contributed by atoms with Crippen LogP contribution in [0.15, 0.2) is 0 Å². The molecule has 0 saturated heterocycles. The molecule has 0 spiro atoms. The Morgan fingerprint density at radius 1 is 1.47 bits per heavy atom. The van der Waals surface area contributed by atoms with Gasteiger partial charge in [0.25, 0.3) is 0 Å². The Morgan fingerprint density at radius 2 is 2.00 bits per heavy atom. The van der Waals surface area contributed by atoms with Crippen LogP contribution in [0.5, 0.6) is 0 Å². The summed E-state index contributed by atoms with van der Waals surface area (Å²) in [6.45, 7) is 1.51. The molecule has 0 aliphatic rings. The van der Waals surface area contributed by atoms with E-state index in [1.54, 1.807) is 0 Å². The van der Waals surface area contributed by atoms with Gasteiger partial charge in [0.15, 0.2) is 6.04 Å². The Balaban J connectivity index is 4.29. The Morgan fingerprint density at radius 3 is 2.33 bits per heavy atom. The second kappa shape index (κ2) is 6.33. The second-order valence-electron chi connectivity index (χ2n) is 3.25. The molecule has 7 N–H and O–H groups in total. The summed E-state index contributed by atoms with van der Waals surface area (Å²) in [6, 6.07) is -2.20. The van der Waals surface area contributed by atoms with Crippen molar-refractivity contribution < 1.29 is 19.8 Å². The van der Waals surface area contributed by atoms with Gasteiger partial charge in [0.05, 0.1) is 12.1 Å². The molecule has 15 heavy (non-hydrogen) atoms. The minimum atomic E-state index is -1.35. The van der Waals surface area contributed by atoms with Crippen LogP contribution in [-0.4, -0.2) is 46.8 Å². The normalized spacial score (nSPS) is 16.5. The van der Waals surface area contributed by atoms with E-state index in [0.29, 0.717) is 0 Å². The van der Waals surface area contributed by atoms with Crippen LogP contribution in [0.3, 0.4) is 0 Å². The highest BCUT2D eigenvalue weighted by molar-refractivity contribution is 5.87. The van der Waals surface area contributed by atoms with E-state index in [1.807, 2.05) is 0 Å². The number of amides is 1. The lowest BCUT2D eigenvalue weighted by Crippen LogP contribution is -2.53. The van der Waals surface area contributed by atoms with Gasteiger partial charge in [-0.15, -0.1) is 0 Å². The van der Waals surface area contributed by atoms with Crippen LogP contribution in [0, 0.1) is 0 Å². The molecule has 0 aromatic carbocycles. The molecule has 0 heterocycles. The summed E-state index contributed by atoms with van der Waals surface area (Å²) in [4.78, 5) is 21.9. The number of carbonyl (C=O) groups excluding carboxylic acids is 1. The first kappa shape index (κ1) is 13.8. The van der Waals surface area contributed by atoms with Gasteiger partial charge in [-0.05, 0) is 19.9 Å². The van der Waals surface area contributed by atoms with Crippen LogP contribution >= 0.6 is 0 Å². The molecule has 7 nitrogen and oxygen atoms in total. The van der Waals surface area contributed by atoms with Crippen LogP contribution in [0.1, 0.15) is 13.3 Å². The first-order valence-electron chi connectivity index (χ1n) is 4.57. The number of hydrogen-bond acceptors (Lipinski definition) is 5. The Kier molecular flexibility index (Phi) is 5.83. The number of carboxylic acids is 1. The van der Waals surface area contributed by atoms with Crippen molar-refractivity contribution in [3.63, 3.8) is 0 Å². The number of aliphatic carboxylic acids is 1. The van der Waals surface area contributed by atoms with Gasteiger partial charge in [-0.25, -0.2) is 4.79 Å². The smallest absolute Gasteiger partial charge is 0.328 e. The van der Waals surface area contributed by atoms with Crippen molar-refractivity contribution in [2.45, 2.75) is 31.5 Å². The molecule has 88 valence electrons. The molecule has 0 aliphatic carbocycles. The van der Waals surface area contributed by atoms with E-state index in [0.717, 1.165) is 0 Å². The van der Waals surface area contributed by atoms with Crippen LogP contribution < -0.4 is 16.8 Å². The average Bonchev–Trinajstić information content (AvgIpc) is 2.12. The highest BCUT2D eigenvalue weighted by atomic mass is 16.4. The lowest BCUT2D eigenvalue weighted by Gasteiger charge is -2.19. The molecular weight excluding hydrogens is 202 g/mol. The maximum atomic E-state index is 11.3. The lowest BCUT2D eigenvalue weighted by atomic mass is 10.1. The van der Waals surface area contributed by atoms with Crippen LogP contribution in [0.2, 0.25) is 0 Å². The highest BCUT2D eigenvalue weighted by Crippen LogP contribution is 1.95. The molecule has 0 radical (unpaired) electrons. The predicted molar refractivity (Wildman–Crippen MR) is 52.9 cm³/mol. The van der Waals surface area contributed by atoms with Gasteiger partial charge >= 0.3 is 5.97 Å². The molecule has 0 saturated carbocycles. The minimum Gasteiger partial charge on any atom is -0.480 e. The van der Waals surface area contributed by atoms with Gasteiger partial charge in [0.1, 0.15) is 0 Å². The fraction of sp³-hybridized carbons (Fsp3) is 0.750. The van der Waals surface area contributed by atoms with E-state index in [2.05, 4.69) is 5.32 Å². The van der Waals surface area contributed by atoms with Crippen LogP contribution in [0.4, 0.5) is 0 Å². The van der Waals surface area contributed by atoms with Crippen molar-refractivity contribution in [2.75, 3.05) is 6.54 Å². The third-order valence-electron chi connectivity index (χ3n) is 1.86. The molecule has 1 amide bonds. The second-order valence-corrected chi connectivity index (χ2v) is 3.25. The third-order valence-corrected chi connectivity index (χ3v) is 1.86. The molecule has 7 heteroatoms. The van der Waals surface area contributed by atoms with E-state index < -0.39 is 30.1 Å². The zero-order chi connectivity index (χ0) is 12.0. The standard InChI is InChI=1S/C8H17N3O4/c1-4(12)6(8(14)15)11-7(13)5(10)2-3-9/h4-6,12H,2-3,9-10H2,1H3,(H,11,13)(H,14,15)/t4-,5+,6+/m1/s1. The topological polar surface area (TPSA) is 139 Å². The summed E-state index contributed by atoms with van der Waals surface area (Å²) in [5, 5.41) is 19.9. The number of hydrogen-bond donors (Lipinski definition) is 5.